The molecule has 0 unspecified atom stereocenters. The SMILES string of the molecule is O=[N+]([O-])c1cccc(/C=N/Nc2ncnc3cc(-c4ccccc4)sc23)c1. The van der Waals surface area contributed by atoms with Gasteiger partial charge in [0.1, 0.15) is 6.33 Å². The lowest BCUT2D eigenvalue weighted by molar-refractivity contribution is -0.384. The van der Waals surface area contributed by atoms with Crippen molar-refractivity contribution in [3.8, 4) is 10.4 Å². The monoisotopic (exact) mass is 375 g/mol. The summed E-state index contributed by atoms with van der Waals surface area (Å²) in [5.74, 6) is 0.592. The van der Waals surface area contributed by atoms with Gasteiger partial charge in [0.05, 0.1) is 21.4 Å². The van der Waals surface area contributed by atoms with Crippen molar-refractivity contribution in [2.24, 2.45) is 5.10 Å². The van der Waals surface area contributed by atoms with Gasteiger partial charge in [-0.25, -0.2) is 9.97 Å². The number of benzene rings is 2. The van der Waals surface area contributed by atoms with Gasteiger partial charge >= 0.3 is 0 Å². The number of hydrogen-bond acceptors (Lipinski definition) is 7. The average Bonchev–Trinajstić information content (AvgIpc) is 3.14. The number of hydrazone groups is 1. The number of hydrogen-bond donors (Lipinski definition) is 1. The van der Waals surface area contributed by atoms with Crippen molar-refractivity contribution in [2.45, 2.75) is 0 Å². The van der Waals surface area contributed by atoms with E-state index in [4.69, 9.17) is 0 Å². The van der Waals surface area contributed by atoms with Crippen molar-refractivity contribution >= 4 is 39.3 Å². The molecule has 0 spiro atoms. The highest BCUT2D eigenvalue weighted by molar-refractivity contribution is 7.22. The number of rotatable bonds is 5. The zero-order valence-corrected chi connectivity index (χ0v) is 14.8. The van der Waals surface area contributed by atoms with Crippen LogP contribution >= 0.6 is 11.3 Å². The van der Waals surface area contributed by atoms with E-state index in [0.29, 0.717) is 11.4 Å². The Balaban J connectivity index is 1.60. The molecule has 0 saturated heterocycles. The molecule has 2 heterocycles. The van der Waals surface area contributed by atoms with E-state index < -0.39 is 4.92 Å². The minimum absolute atomic E-state index is 0.0223. The van der Waals surface area contributed by atoms with Crippen molar-refractivity contribution in [3.63, 3.8) is 0 Å². The van der Waals surface area contributed by atoms with Gasteiger partial charge in [0, 0.05) is 22.6 Å². The summed E-state index contributed by atoms with van der Waals surface area (Å²) < 4.78 is 0.896. The third-order valence-electron chi connectivity index (χ3n) is 3.83. The molecule has 0 aliphatic heterocycles. The molecule has 27 heavy (non-hydrogen) atoms. The fraction of sp³-hybridized carbons (Fsp3) is 0. The molecule has 2 aromatic heterocycles. The average molecular weight is 375 g/mol. The molecule has 0 bridgehead atoms. The fourth-order valence-corrected chi connectivity index (χ4v) is 3.62. The van der Waals surface area contributed by atoms with Crippen LogP contribution < -0.4 is 5.43 Å². The first kappa shape index (κ1) is 16.8. The largest absolute Gasteiger partial charge is 0.270 e. The second-order valence-corrected chi connectivity index (χ2v) is 6.69. The van der Waals surface area contributed by atoms with E-state index in [1.54, 1.807) is 23.5 Å². The molecular weight excluding hydrogens is 362 g/mol. The zero-order chi connectivity index (χ0) is 18.6. The Morgan fingerprint density at radius 2 is 1.93 bits per heavy atom. The zero-order valence-electron chi connectivity index (χ0n) is 13.9. The van der Waals surface area contributed by atoms with Crippen LogP contribution in [-0.4, -0.2) is 21.1 Å². The van der Waals surface area contributed by atoms with Crippen molar-refractivity contribution < 1.29 is 4.92 Å². The number of nitro benzene ring substituents is 1. The van der Waals surface area contributed by atoms with Gasteiger partial charge in [0.2, 0.25) is 0 Å². The van der Waals surface area contributed by atoms with E-state index in [1.807, 2.05) is 36.4 Å². The molecule has 0 aliphatic rings. The van der Waals surface area contributed by atoms with E-state index >= 15 is 0 Å². The topological polar surface area (TPSA) is 93.3 Å². The van der Waals surface area contributed by atoms with Crippen molar-refractivity contribution in [1.29, 1.82) is 0 Å². The van der Waals surface area contributed by atoms with Gasteiger partial charge in [0.15, 0.2) is 5.82 Å². The number of nitro groups is 1. The highest BCUT2D eigenvalue weighted by Gasteiger charge is 2.10. The van der Waals surface area contributed by atoms with Crippen LogP contribution in [0.1, 0.15) is 5.56 Å². The molecule has 0 atom stereocenters. The smallest absolute Gasteiger partial charge is 0.260 e. The van der Waals surface area contributed by atoms with Crippen LogP contribution in [0.4, 0.5) is 11.5 Å². The predicted octanol–water partition coefficient (Wildman–Crippen LogP) is 4.71. The number of thiophene rings is 1. The Bertz CT molecular complexity index is 1140. The highest BCUT2D eigenvalue weighted by atomic mass is 32.1. The third-order valence-corrected chi connectivity index (χ3v) is 5.01. The molecule has 7 nitrogen and oxygen atoms in total. The second-order valence-electron chi connectivity index (χ2n) is 5.64. The first-order valence-electron chi connectivity index (χ1n) is 8.04. The van der Waals surface area contributed by atoms with Crippen LogP contribution in [0, 0.1) is 10.1 Å². The number of fused-ring (bicyclic) bond motifs is 1. The first-order chi connectivity index (χ1) is 13.2. The van der Waals surface area contributed by atoms with E-state index in [1.165, 1.54) is 24.7 Å². The lowest BCUT2D eigenvalue weighted by atomic mass is 10.2. The first-order valence-corrected chi connectivity index (χ1v) is 8.86. The summed E-state index contributed by atoms with van der Waals surface area (Å²) in [6.07, 6.45) is 3.00. The van der Waals surface area contributed by atoms with E-state index in [-0.39, 0.29) is 5.69 Å². The van der Waals surface area contributed by atoms with Crippen LogP contribution in [0.5, 0.6) is 0 Å². The Kier molecular flexibility index (Phi) is 4.54. The van der Waals surface area contributed by atoms with Crippen LogP contribution in [0.15, 0.2) is 72.1 Å². The Morgan fingerprint density at radius 3 is 2.74 bits per heavy atom. The number of nitrogens with zero attached hydrogens (tertiary/aromatic N) is 4. The Labute approximate surface area is 158 Å². The predicted molar refractivity (Wildman–Crippen MR) is 107 cm³/mol. The van der Waals surface area contributed by atoms with E-state index in [2.05, 4.69) is 20.5 Å². The van der Waals surface area contributed by atoms with Gasteiger partial charge in [0.25, 0.3) is 5.69 Å². The quantitative estimate of drug-likeness (QED) is 0.310. The summed E-state index contributed by atoms with van der Waals surface area (Å²) in [5.41, 5.74) is 5.51. The Hall–Kier alpha value is -3.65. The molecule has 4 aromatic rings. The maximum absolute atomic E-state index is 10.8. The van der Waals surface area contributed by atoms with Crippen molar-refractivity contribution in [3.05, 3.63) is 82.7 Å². The van der Waals surface area contributed by atoms with Crippen molar-refractivity contribution in [2.75, 3.05) is 5.43 Å². The number of anilines is 1. The minimum atomic E-state index is -0.435. The summed E-state index contributed by atoms with van der Waals surface area (Å²) in [7, 11) is 0. The van der Waals surface area contributed by atoms with Gasteiger partial charge in [-0.05, 0) is 11.6 Å². The molecule has 4 rings (SSSR count). The van der Waals surface area contributed by atoms with Gasteiger partial charge in [-0.3, -0.25) is 15.5 Å². The van der Waals surface area contributed by atoms with Gasteiger partial charge in [-0.15, -0.1) is 11.3 Å². The third kappa shape index (κ3) is 3.65. The molecule has 0 saturated carbocycles. The summed E-state index contributed by atoms with van der Waals surface area (Å²) in [4.78, 5) is 20.1. The summed E-state index contributed by atoms with van der Waals surface area (Å²) in [6, 6.07) is 18.3. The number of nitrogens with one attached hydrogen (secondary N) is 1. The molecule has 132 valence electrons. The molecular formula is C19H13N5O2S. The van der Waals surface area contributed by atoms with Crippen LogP contribution in [0.2, 0.25) is 0 Å². The summed E-state index contributed by atoms with van der Waals surface area (Å²) in [5, 5.41) is 15.0. The highest BCUT2D eigenvalue weighted by Crippen LogP contribution is 2.35. The Morgan fingerprint density at radius 1 is 1.07 bits per heavy atom. The van der Waals surface area contributed by atoms with Crippen LogP contribution in [0.25, 0.3) is 20.7 Å². The summed E-state index contributed by atoms with van der Waals surface area (Å²) in [6.45, 7) is 0. The standard InChI is InChI=1S/C19H13N5O2S/c25-24(26)15-8-4-5-13(9-15)11-22-23-19-18-16(20-12-21-19)10-17(27-18)14-6-2-1-3-7-14/h1-12H,(H,20,21,23)/b22-11+. The number of non-ortho nitro benzene ring substituents is 1. The van der Waals surface area contributed by atoms with Gasteiger partial charge in [-0.2, -0.15) is 5.10 Å². The fourth-order valence-electron chi connectivity index (χ4n) is 2.57. The van der Waals surface area contributed by atoms with Crippen LogP contribution in [-0.2, 0) is 0 Å². The molecule has 0 aliphatic carbocycles. The molecule has 0 fully saturated rings. The molecule has 1 N–H and O–H groups in total. The molecule has 8 heteroatoms. The lowest BCUT2D eigenvalue weighted by Crippen LogP contribution is -1.95. The summed E-state index contributed by atoms with van der Waals surface area (Å²) >= 11 is 1.58. The minimum Gasteiger partial charge on any atom is -0.260 e. The normalized spacial score (nSPS) is 11.1. The van der Waals surface area contributed by atoms with Crippen molar-refractivity contribution in [1.82, 2.24) is 9.97 Å². The van der Waals surface area contributed by atoms with Crippen LogP contribution in [0.3, 0.4) is 0 Å². The molecule has 2 aromatic carbocycles. The number of aromatic nitrogens is 2. The second kappa shape index (κ2) is 7.30. The van der Waals surface area contributed by atoms with Gasteiger partial charge < -0.3 is 0 Å². The van der Waals surface area contributed by atoms with E-state index in [0.717, 1.165) is 20.7 Å². The molecule has 0 radical (unpaired) electrons. The lowest BCUT2D eigenvalue weighted by Gasteiger charge is -2.00. The van der Waals surface area contributed by atoms with Gasteiger partial charge in [-0.1, -0.05) is 42.5 Å². The maximum Gasteiger partial charge on any atom is 0.270 e. The maximum atomic E-state index is 10.8. The van der Waals surface area contributed by atoms with E-state index in [9.17, 15) is 10.1 Å². The molecule has 0 amide bonds.